The van der Waals surface area contributed by atoms with E-state index in [0.29, 0.717) is 36.6 Å². The van der Waals surface area contributed by atoms with E-state index in [4.69, 9.17) is 4.74 Å². The molecule has 26 heavy (non-hydrogen) atoms. The molecule has 1 saturated carbocycles. The molecule has 0 aromatic heterocycles. The Bertz CT molecular complexity index is 644. The van der Waals surface area contributed by atoms with E-state index in [0.717, 1.165) is 44.9 Å². The van der Waals surface area contributed by atoms with Crippen molar-refractivity contribution in [1.29, 1.82) is 0 Å². The normalized spacial score (nSPS) is 41.0. The highest BCUT2D eigenvalue weighted by Crippen LogP contribution is 2.55. The third-order valence-corrected chi connectivity index (χ3v) is 7.45. The summed E-state index contributed by atoms with van der Waals surface area (Å²) in [5.74, 6) is 2.21. The molecule has 0 N–H and O–H groups in total. The van der Waals surface area contributed by atoms with Crippen LogP contribution in [0.5, 0.6) is 0 Å². The Balaban J connectivity index is 1.66. The van der Waals surface area contributed by atoms with E-state index in [1.165, 1.54) is 5.57 Å². The molecule has 0 aromatic rings. The van der Waals surface area contributed by atoms with Gasteiger partial charge in [0.25, 0.3) is 0 Å². The van der Waals surface area contributed by atoms with Gasteiger partial charge in [-0.1, -0.05) is 50.0 Å². The standard InChI is InChI=1S/C23H32O3/c1-14-7-4-3-5-10-26-22(24)13-20-18-11-15(2)16-8-6-9-17(16)19(18)12-21(20)23(14)25/h6,8,14-16,18,20-21H,3-5,7,9-13H2,1-2H3. The van der Waals surface area contributed by atoms with Crippen LogP contribution < -0.4 is 0 Å². The summed E-state index contributed by atoms with van der Waals surface area (Å²) < 4.78 is 5.50. The van der Waals surface area contributed by atoms with E-state index < -0.39 is 0 Å². The monoisotopic (exact) mass is 356 g/mol. The Morgan fingerprint density at radius 2 is 1.85 bits per heavy atom. The van der Waals surface area contributed by atoms with Gasteiger partial charge in [-0.05, 0) is 49.9 Å². The van der Waals surface area contributed by atoms with Crippen molar-refractivity contribution < 1.29 is 14.3 Å². The van der Waals surface area contributed by atoms with Gasteiger partial charge in [-0.2, -0.15) is 0 Å². The predicted octanol–water partition coefficient (Wildman–Crippen LogP) is 4.86. The Morgan fingerprint density at radius 3 is 2.69 bits per heavy atom. The first-order valence-electron chi connectivity index (χ1n) is 10.6. The zero-order valence-electron chi connectivity index (χ0n) is 16.2. The summed E-state index contributed by atoms with van der Waals surface area (Å²) >= 11 is 0. The number of cyclic esters (lactones) is 1. The number of hydrogen-bond donors (Lipinski definition) is 0. The first kappa shape index (κ1) is 18.0. The van der Waals surface area contributed by atoms with E-state index in [1.54, 1.807) is 5.57 Å². The Kier molecular flexibility index (Phi) is 5.07. The summed E-state index contributed by atoms with van der Waals surface area (Å²) in [6.07, 6.45) is 12.2. The smallest absolute Gasteiger partial charge is 0.306 e. The number of allylic oxidation sites excluding steroid dienone is 4. The number of Topliss-reactive ketones (excluding diaryl/α,β-unsaturated/α-hetero) is 1. The summed E-state index contributed by atoms with van der Waals surface area (Å²) in [5, 5.41) is 0. The molecule has 0 radical (unpaired) electrons. The molecule has 6 unspecified atom stereocenters. The minimum absolute atomic E-state index is 0.0241. The first-order valence-corrected chi connectivity index (χ1v) is 10.6. The molecule has 1 aliphatic heterocycles. The van der Waals surface area contributed by atoms with Crippen molar-refractivity contribution in [1.82, 2.24) is 0 Å². The summed E-state index contributed by atoms with van der Waals surface area (Å²) in [4.78, 5) is 25.7. The van der Waals surface area contributed by atoms with Gasteiger partial charge in [0, 0.05) is 24.2 Å². The summed E-state index contributed by atoms with van der Waals surface area (Å²) in [6, 6.07) is 0. The van der Waals surface area contributed by atoms with Crippen LogP contribution in [0.4, 0.5) is 0 Å². The van der Waals surface area contributed by atoms with Crippen molar-refractivity contribution in [3.05, 3.63) is 23.3 Å². The quantitative estimate of drug-likeness (QED) is 0.460. The van der Waals surface area contributed by atoms with E-state index in [-0.39, 0.29) is 23.7 Å². The van der Waals surface area contributed by atoms with Gasteiger partial charge in [0.15, 0.2) is 0 Å². The number of rotatable bonds is 0. The molecule has 3 aliphatic carbocycles. The fourth-order valence-electron chi connectivity index (χ4n) is 6.05. The fourth-order valence-corrected chi connectivity index (χ4v) is 6.05. The Morgan fingerprint density at radius 1 is 1.00 bits per heavy atom. The van der Waals surface area contributed by atoms with Crippen LogP contribution in [-0.4, -0.2) is 18.4 Å². The van der Waals surface area contributed by atoms with Gasteiger partial charge in [-0.25, -0.2) is 0 Å². The van der Waals surface area contributed by atoms with Gasteiger partial charge in [0.05, 0.1) is 6.61 Å². The molecule has 0 bridgehead atoms. The van der Waals surface area contributed by atoms with E-state index >= 15 is 0 Å². The average molecular weight is 357 g/mol. The van der Waals surface area contributed by atoms with Crippen molar-refractivity contribution in [2.75, 3.05) is 6.61 Å². The molecule has 4 aliphatic rings. The highest BCUT2D eigenvalue weighted by molar-refractivity contribution is 5.85. The molecule has 4 rings (SSSR count). The van der Waals surface area contributed by atoms with Crippen LogP contribution in [-0.2, 0) is 14.3 Å². The van der Waals surface area contributed by atoms with Crippen LogP contribution in [0.3, 0.4) is 0 Å². The largest absolute Gasteiger partial charge is 0.466 e. The third kappa shape index (κ3) is 3.18. The maximum atomic E-state index is 13.3. The zero-order valence-corrected chi connectivity index (χ0v) is 16.2. The first-order chi connectivity index (χ1) is 12.6. The van der Waals surface area contributed by atoms with Crippen molar-refractivity contribution in [2.45, 2.75) is 65.2 Å². The summed E-state index contributed by atoms with van der Waals surface area (Å²) in [7, 11) is 0. The van der Waals surface area contributed by atoms with Crippen LogP contribution in [0.1, 0.15) is 65.2 Å². The topological polar surface area (TPSA) is 43.4 Å². The van der Waals surface area contributed by atoms with E-state index in [1.807, 2.05) is 0 Å². The van der Waals surface area contributed by atoms with Gasteiger partial charge in [-0.15, -0.1) is 0 Å². The molecule has 1 heterocycles. The average Bonchev–Trinajstić information content (AvgIpc) is 3.22. The molecule has 3 nitrogen and oxygen atoms in total. The molecule has 2 fully saturated rings. The van der Waals surface area contributed by atoms with E-state index in [9.17, 15) is 9.59 Å². The minimum atomic E-state index is -0.0911. The molecule has 0 spiro atoms. The highest BCUT2D eigenvalue weighted by Gasteiger charge is 2.49. The van der Waals surface area contributed by atoms with Gasteiger partial charge >= 0.3 is 5.97 Å². The Labute approximate surface area is 157 Å². The number of carbonyl (C=O) groups is 2. The lowest BCUT2D eigenvalue weighted by molar-refractivity contribution is -0.146. The van der Waals surface area contributed by atoms with Gasteiger partial charge < -0.3 is 4.74 Å². The number of fused-ring (bicyclic) bond motifs is 4. The van der Waals surface area contributed by atoms with Crippen molar-refractivity contribution in [2.24, 2.45) is 35.5 Å². The number of ketones is 1. The predicted molar refractivity (Wildman–Crippen MR) is 101 cm³/mol. The second-order valence-corrected chi connectivity index (χ2v) is 9.08. The molecule has 142 valence electrons. The molecular formula is C23H32O3. The summed E-state index contributed by atoms with van der Waals surface area (Å²) in [5.41, 5.74) is 3.09. The zero-order chi connectivity index (χ0) is 18.3. The van der Waals surface area contributed by atoms with Gasteiger partial charge in [0.2, 0.25) is 0 Å². The van der Waals surface area contributed by atoms with E-state index in [2.05, 4.69) is 26.0 Å². The lowest BCUT2D eigenvalue weighted by atomic mass is 9.70. The van der Waals surface area contributed by atoms with Crippen molar-refractivity contribution in [3.63, 3.8) is 0 Å². The lowest BCUT2D eigenvalue weighted by Gasteiger charge is -2.35. The van der Waals surface area contributed by atoms with Gasteiger partial charge in [0.1, 0.15) is 5.78 Å². The fraction of sp³-hybridized carbons (Fsp3) is 0.739. The molecule has 0 aromatic carbocycles. The third-order valence-electron chi connectivity index (χ3n) is 7.45. The SMILES string of the molecule is CC1CCCCCOC(=O)CC2C(CC3=C4CC=CC4C(C)CC32)C1=O. The Hall–Kier alpha value is -1.38. The molecular weight excluding hydrogens is 324 g/mol. The van der Waals surface area contributed by atoms with Crippen molar-refractivity contribution >= 4 is 11.8 Å². The van der Waals surface area contributed by atoms with Crippen molar-refractivity contribution in [3.8, 4) is 0 Å². The maximum absolute atomic E-state index is 13.3. The second kappa shape index (κ2) is 7.32. The van der Waals surface area contributed by atoms with Crippen LogP contribution in [0.25, 0.3) is 0 Å². The lowest BCUT2D eigenvalue weighted by Crippen LogP contribution is -2.31. The minimum Gasteiger partial charge on any atom is -0.466 e. The van der Waals surface area contributed by atoms with Crippen LogP contribution in [0.2, 0.25) is 0 Å². The van der Waals surface area contributed by atoms with Gasteiger partial charge in [-0.3, -0.25) is 9.59 Å². The molecule has 6 atom stereocenters. The molecule has 3 heteroatoms. The molecule has 1 saturated heterocycles. The molecule has 0 amide bonds. The number of ether oxygens (including phenoxy) is 1. The number of esters is 1. The van der Waals surface area contributed by atoms with Crippen LogP contribution in [0.15, 0.2) is 23.3 Å². The van der Waals surface area contributed by atoms with Crippen LogP contribution in [0, 0.1) is 35.5 Å². The summed E-state index contributed by atoms with van der Waals surface area (Å²) in [6.45, 7) is 4.98. The second-order valence-electron chi connectivity index (χ2n) is 9.08. The number of carbonyl (C=O) groups excluding carboxylic acids is 2. The highest BCUT2D eigenvalue weighted by atomic mass is 16.5. The number of hydrogen-bond acceptors (Lipinski definition) is 3. The van der Waals surface area contributed by atoms with Crippen LogP contribution >= 0.6 is 0 Å². The maximum Gasteiger partial charge on any atom is 0.306 e.